The van der Waals surface area contributed by atoms with E-state index < -0.39 is 56.2 Å². The van der Waals surface area contributed by atoms with Crippen LogP contribution in [0.15, 0.2) is 58.3 Å². The Morgan fingerprint density at radius 2 is 0.921 bits per heavy atom. The zero-order valence-corrected chi connectivity index (χ0v) is 23.9. The lowest BCUT2D eigenvalue weighted by Gasteiger charge is -2.53. The largest absolute Gasteiger partial charge is 0.342 e. The fraction of sp³-hybridized carbons (Fsp3) is 0.538. The van der Waals surface area contributed by atoms with Crippen LogP contribution in [0.1, 0.15) is 38.8 Å². The molecule has 2 saturated heterocycles. The van der Waals surface area contributed by atoms with Crippen molar-refractivity contribution in [2.45, 2.75) is 87.3 Å². The molecule has 12 heteroatoms. The monoisotopic (exact) mass is 570 g/mol. The van der Waals surface area contributed by atoms with Crippen molar-refractivity contribution in [3.63, 3.8) is 0 Å². The van der Waals surface area contributed by atoms with Gasteiger partial charge in [0.1, 0.15) is 24.4 Å². The second-order valence-electron chi connectivity index (χ2n) is 10.4. The molecule has 0 saturated carbocycles. The third-order valence-corrected chi connectivity index (χ3v) is 8.75. The quantitative estimate of drug-likeness (QED) is 0.436. The maximum absolute atomic E-state index is 12.8. The highest BCUT2D eigenvalue weighted by Crippen LogP contribution is 2.39. The first-order valence-corrected chi connectivity index (χ1v) is 15.0. The number of hydrogen-bond acceptors (Lipinski definition) is 10. The third kappa shape index (κ3) is 6.80. The van der Waals surface area contributed by atoms with Crippen molar-refractivity contribution in [1.29, 1.82) is 0 Å². The van der Waals surface area contributed by atoms with E-state index >= 15 is 0 Å². The summed E-state index contributed by atoms with van der Waals surface area (Å²) in [5.74, 6) is -2.35. The van der Waals surface area contributed by atoms with Crippen LogP contribution in [0.3, 0.4) is 0 Å². The molecule has 0 radical (unpaired) electrons. The maximum Gasteiger partial charge on any atom is 0.297 e. The number of benzene rings is 2. The highest BCUT2D eigenvalue weighted by Gasteiger charge is 2.54. The van der Waals surface area contributed by atoms with Crippen molar-refractivity contribution in [3.05, 3.63) is 59.7 Å². The van der Waals surface area contributed by atoms with Gasteiger partial charge in [0.25, 0.3) is 20.2 Å². The first kappa shape index (κ1) is 29.1. The Morgan fingerprint density at radius 1 is 0.605 bits per heavy atom. The minimum Gasteiger partial charge on any atom is -0.342 e. The van der Waals surface area contributed by atoms with Crippen molar-refractivity contribution < 1.29 is 44.1 Å². The summed E-state index contributed by atoms with van der Waals surface area (Å²) in [5.41, 5.74) is 1.83. The highest BCUT2D eigenvalue weighted by atomic mass is 32.2. The van der Waals surface area contributed by atoms with Gasteiger partial charge in [0.2, 0.25) is 0 Å². The van der Waals surface area contributed by atoms with Crippen molar-refractivity contribution in [2.75, 3.05) is 13.2 Å². The van der Waals surface area contributed by atoms with Gasteiger partial charge in [-0.25, -0.2) is 0 Å². The lowest BCUT2D eigenvalue weighted by Crippen LogP contribution is -2.67. The summed E-state index contributed by atoms with van der Waals surface area (Å²) in [6, 6.07) is 12.6. The first-order chi connectivity index (χ1) is 17.6. The normalized spacial score (nSPS) is 27.0. The topological polar surface area (TPSA) is 124 Å². The average molecular weight is 571 g/mol. The molecule has 0 aliphatic carbocycles. The molecule has 4 rings (SSSR count). The minimum absolute atomic E-state index is 0.0202. The number of aryl methyl sites for hydroxylation is 2. The fourth-order valence-electron chi connectivity index (χ4n) is 4.40. The highest BCUT2D eigenvalue weighted by molar-refractivity contribution is 7.87. The molecule has 210 valence electrons. The number of rotatable bonds is 8. The molecule has 0 amide bonds. The van der Waals surface area contributed by atoms with Crippen LogP contribution in [0.2, 0.25) is 0 Å². The van der Waals surface area contributed by atoms with Crippen molar-refractivity contribution in [1.82, 2.24) is 0 Å². The van der Waals surface area contributed by atoms with E-state index in [1.165, 1.54) is 24.3 Å². The third-order valence-electron chi connectivity index (χ3n) is 6.16. The minimum atomic E-state index is -4.07. The van der Waals surface area contributed by atoms with Gasteiger partial charge in [-0.05, 0) is 65.8 Å². The molecule has 2 aromatic rings. The summed E-state index contributed by atoms with van der Waals surface area (Å²) in [6.45, 7) is 9.63. The van der Waals surface area contributed by atoms with E-state index in [0.29, 0.717) is 0 Å². The molecule has 2 aromatic carbocycles. The molecule has 4 atom stereocenters. The molecule has 2 aliphatic rings. The molecule has 0 aromatic heterocycles. The summed E-state index contributed by atoms with van der Waals surface area (Å²) in [6.07, 6.45) is -3.42. The molecule has 2 aliphatic heterocycles. The summed E-state index contributed by atoms with van der Waals surface area (Å²) >= 11 is 0. The predicted octanol–water partition coefficient (Wildman–Crippen LogP) is 3.45. The Morgan fingerprint density at radius 3 is 1.24 bits per heavy atom. The second-order valence-corrected chi connectivity index (χ2v) is 13.6. The van der Waals surface area contributed by atoms with Crippen LogP contribution in [0, 0.1) is 13.8 Å². The number of ether oxygens (including phenoxy) is 4. The van der Waals surface area contributed by atoms with Crippen LogP contribution < -0.4 is 0 Å². The molecule has 10 nitrogen and oxygen atoms in total. The van der Waals surface area contributed by atoms with E-state index in [0.717, 1.165) is 11.1 Å². The van der Waals surface area contributed by atoms with Crippen LogP contribution in [-0.4, -0.2) is 66.0 Å². The number of hydrogen-bond donors (Lipinski definition) is 0. The molecular weight excluding hydrogens is 536 g/mol. The molecule has 2 heterocycles. The van der Waals surface area contributed by atoms with Gasteiger partial charge in [-0.2, -0.15) is 16.8 Å². The first-order valence-electron chi connectivity index (χ1n) is 12.2. The summed E-state index contributed by atoms with van der Waals surface area (Å²) in [7, 11) is -8.14. The van der Waals surface area contributed by atoms with E-state index in [1.807, 2.05) is 13.8 Å². The standard InChI is InChI=1S/C26H34O10S2/c1-17-7-11-19(12-8-17)37(27,28)31-15-21-23-24(36-25(3,4)33-21)22(34-26(5,6)35-23)16-32-38(29,30)20-13-9-18(2)10-14-20/h7-14,21-24H,15-16H2,1-6H3/t21-,22-,23-,24+/m0/s1. The van der Waals surface area contributed by atoms with Gasteiger partial charge in [0.15, 0.2) is 11.6 Å². The molecule has 38 heavy (non-hydrogen) atoms. The number of fused-ring (bicyclic) bond motifs is 1. The molecule has 0 spiro atoms. The molecule has 0 bridgehead atoms. The Labute approximate surface area is 224 Å². The summed E-state index contributed by atoms with van der Waals surface area (Å²) in [4.78, 5) is 0.0403. The van der Waals surface area contributed by atoms with Crippen LogP contribution in [0.5, 0.6) is 0 Å². The fourth-order valence-corrected chi connectivity index (χ4v) is 6.24. The van der Waals surface area contributed by atoms with E-state index in [1.54, 1.807) is 52.0 Å². The molecule has 2 fully saturated rings. The van der Waals surface area contributed by atoms with Gasteiger partial charge < -0.3 is 18.9 Å². The smallest absolute Gasteiger partial charge is 0.297 e. The van der Waals surface area contributed by atoms with Gasteiger partial charge >= 0.3 is 0 Å². The zero-order valence-electron chi connectivity index (χ0n) is 22.2. The molecular formula is C26H34O10S2. The van der Waals surface area contributed by atoms with Crippen molar-refractivity contribution in [3.8, 4) is 0 Å². The SMILES string of the molecule is Cc1ccc(S(=O)(=O)OC[C@@H]2OC(C)(C)O[C@H]3[C@H]2OC(C)(C)O[C@H]3COS(=O)(=O)c2ccc(C)cc2)cc1. The van der Waals surface area contributed by atoms with Crippen LogP contribution in [0.25, 0.3) is 0 Å². The zero-order chi connectivity index (χ0) is 27.9. The molecule has 0 N–H and O–H groups in total. The molecule has 0 unspecified atom stereocenters. The van der Waals surface area contributed by atoms with E-state index in [-0.39, 0.29) is 23.0 Å². The van der Waals surface area contributed by atoms with Gasteiger partial charge in [-0.3, -0.25) is 8.37 Å². The average Bonchev–Trinajstić information content (AvgIpc) is 2.81. The summed E-state index contributed by atoms with van der Waals surface area (Å²) in [5, 5.41) is 0. The van der Waals surface area contributed by atoms with Crippen molar-refractivity contribution >= 4 is 20.2 Å². The van der Waals surface area contributed by atoms with Gasteiger partial charge in [-0.1, -0.05) is 35.4 Å². The van der Waals surface area contributed by atoms with Crippen molar-refractivity contribution in [2.24, 2.45) is 0 Å². The van der Waals surface area contributed by atoms with Gasteiger partial charge in [0.05, 0.1) is 23.0 Å². The Balaban J connectivity index is 1.53. The summed E-state index contributed by atoms with van der Waals surface area (Å²) < 4.78 is 86.1. The van der Waals surface area contributed by atoms with Gasteiger partial charge in [-0.15, -0.1) is 0 Å². The van der Waals surface area contributed by atoms with E-state index in [2.05, 4.69) is 0 Å². The van der Waals surface area contributed by atoms with Crippen LogP contribution in [-0.2, 0) is 47.5 Å². The maximum atomic E-state index is 12.8. The Hall–Kier alpha value is -1.90. The lowest BCUT2D eigenvalue weighted by molar-refractivity contribution is -0.425. The Kier molecular flexibility index (Phi) is 8.10. The van der Waals surface area contributed by atoms with E-state index in [4.69, 9.17) is 27.3 Å². The van der Waals surface area contributed by atoms with Crippen LogP contribution >= 0.6 is 0 Å². The second kappa shape index (κ2) is 10.6. The van der Waals surface area contributed by atoms with Crippen LogP contribution in [0.4, 0.5) is 0 Å². The van der Waals surface area contributed by atoms with Gasteiger partial charge in [0, 0.05) is 0 Å². The van der Waals surface area contributed by atoms with E-state index in [9.17, 15) is 16.8 Å². The predicted molar refractivity (Wildman–Crippen MR) is 136 cm³/mol. The lowest BCUT2D eigenvalue weighted by atomic mass is 9.98. The Bertz CT molecular complexity index is 1230.